The highest BCUT2D eigenvalue weighted by Gasteiger charge is 2.05. The van der Waals surface area contributed by atoms with Crippen molar-refractivity contribution >= 4 is 28.7 Å². The van der Waals surface area contributed by atoms with Crippen molar-refractivity contribution in [3.05, 3.63) is 52.5 Å². The minimum Gasteiger partial charge on any atom is -0.399 e. The number of rotatable bonds is 2. The van der Waals surface area contributed by atoms with Crippen molar-refractivity contribution in [3.63, 3.8) is 0 Å². The fraction of sp³-hybridized carbons (Fsp3) is 0.143. The van der Waals surface area contributed by atoms with Crippen LogP contribution in [-0.4, -0.2) is 0 Å². The molecular weight excluding hydrogens is 232 g/mol. The fourth-order valence-corrected chi connectivity index (χ4v) is 2.15. The van der Waals surface area contributed by atoms with E-state index >= 15 is 0 Å². The molecule has 0 aliphatic rings. The molecule has 0 atom stereocenters. The monoisotopic (exact) mass is 246 g/mol. The molecule has 0 saturated carbocycles. The third-order valence-electron chi connectivity index (χ3n) is 2.61. The largest absolute Gasteiger partial charge is 0.399 e. The van der Waals surface area contributed by atoms with E-state index in [-0.39, 0.29) is 0 Å². The normalized spacial score (nSPS) is 10.3. The van der Waals surface area contributed by atoms with E-state index < -0.39 is 0 Å². The topological polar surface area (TPSA) is 38.0 Å². The van der Waals surface area contributed by atoms with Crippen LogP contribution in [0.5, 0.6) is 0 Å². The van der Waals surface area contributed by atoms with Crippen molar-refractivity contribution in [2.24, 2.45) is 0 Å². The average molecular weight is 247 g/mol. The Kier molecular flexibility index (Phi) is 3.25. The molecule has 2 rings (SSSR count). The van der Waals surface area contributed by atoms with E-state index in [4.69, 9.17) is 17.3 Å². The van der Waals surface area contributed by atoms with Crippen LogP contribution in [0.4, 0.5) is 17.1 Å². The van der Waals surface area contributed by atoms with Gasteiger partial charge in [0.2, 0.25) is 0 Å². The van der Waals surface area contributed by atoms with Crippen molar-refractivity contribution < 1.29 is 0 Å². The van der Waals surface area contributed by atoms with Crippen LogP contribution < -0.4 is 11.1 Å². The highest BCUT2D eigenvalue weighted by Crippen LogP contribution is 2.30. The number of nitrogen functional groups attached to an aromatic ring is 1. The van der Waals surface area contributed by atoms with Gasteiger partial charge < -0.3 is 11.1 Å². The molecule has 2 aromatic carbocycles. The van der Waals surface area contributed by atoms with Crippen molar-refractivity contribution in [2.75, 3.05) is 11.1 Å². The molecule has 0 radical (unpaired) electrons. The van der Waals surface area contributed by atoms with E-state index in [1.165, 1.54) is 0 Å². The summed E-state index contributed by atoms with van der Waals surface area (Å²) < 4.78 is 0. The molecule has 0 amide bonds. The zero-order chi connectivity index (χ0) is 12.4. The lowest BCUT2D eigenvalue weighted by molar-refractivity contribution is 1.37. The van der Waals surface area contributed by atoms with Crippen molar-refractivity contribution in [2.45, 2.75) is 13.8 Å². The molecule has 88 valence electrons. The first-order chi connectivity index (χ1) is 8.06. The van der Waals surface area contributed by atoms with Gasteiger partial charge in [-0.25, -0.2) is 0 Å². The highest BCUT2D eigenvalue weighted by molar-refractivity contribution is 6.33. The fourth-order valence-electron chi connectivity index (χ4n) is 1.78. The Hall–Kier alpha value is -1.67. The maximum absolute atomic E-state index is 6.23. The summed E-state index contributed by atoms with van der Waals surface area (Å²) in [6, 6.07) is 11.6. The molecule has 0 bridgehead atoms. The smallest absolute Gasteiger partial charge is 0.0646 e. The maximum Gasteiger partial charge on any atom is 0.0646 e. The molecule has 0 fully saturated rings. The van der Waals surface area contributed by atoms with Gasteiger partial charge in [0, 0.05) is 11.4 Å². The quantitative estimate of drug-likeness (QED) is 0.776. The zero-order valence-electron chi connectivity index (χ0n) is 9.92. The van der Waals surface area contributed by atoms with Crippen LogP contribution in [-0.2, 0) is 0 Å². The standard InChI is InChI=1S/C14H15ClN2/c1-9-7-10(2)14(13(15)8-9)17-12-5-3-11(16)4-6-12/h3-8,17H,16H2,1-2H3. The minimum atomic E-state index is 0.735. The molecule has 0 spiro atoms. The van der Waals surface area contributed by atoms with Gasteiger partial charge in [-0.3, -0.25) is 0 Å². The van der Waals surface area contributed by atoms with Gasteiger partial charge in [-0.15, -0.1) is 0 Å². The van der Waals surface area contributed by atoms with E-state index in [1.54, 1.807) is 0 Å². The van der Waals surface area contributed by atoms with Crippen LogP contribution in [0.2, 0.25) is 5.02 Å². The number of hydrogen-bond donors (Lipinski definition) is 2. The Balaban J connectivity index is 2.33. The van der Waals surface area contributed by atoms with E-state index in [9.17, 15) is 0 Å². The Morgan fingerprint density at radius 1 is 1.06 bits per heavy atom. The van der Waals surface area contributed by atoms with Gasteiger partial charge in [0.25, 0.3) is 0 Å². The number of nitrogens with two attached hydrogens (primary N) is 1. The van der Waals surface area contributed by atoms with Gasteiger partial charge in [-0.2, -0.15) is 0 Å². The summed E-state index contributed by atoms with van der Waals surface area (Å²) in [7, 11) is 0. The number of aryl methyl sites for hydroxylation is 2. The summed E-state index contributed by atoms with van der Waals surface area (Å²) in [5.41, 5.74) is 10.6. The summed E-state index contributed by atoms with van der Waals surface area (Å²) in [6.45, 7) is 4.07. The second-order valence-electron chi connectivity index (χ2n) is 4.19. The summed E-state index contributed by atoms with van der Waals surface area (Å²) in [4.78, 5) is 0. The predicted octanol–water partition coefficient (Wildman–Crippen LogP) is 4.28. The molecule has 0 aliphatic heterocycles. The van der Waals surface area contributed by atoms with Gasteiger partial charge in [0.1, 0.15) is 0 Å². The van der Waals surface area contributed by atoms with Gasteiger partial charge in [-0.1, -0.05) is 17.7 Å². The average Bonchev–Trinajstić information content (AvgIpc) is 2.26. The summed E-state index contributed by atoms with van der Waals surface area (Å²) in [5.74, 6) is 0. The molecule has 2 aromatic rings. The first-order valence-corrected chi connectivity index (χ1v) is 5.83. The van der Waals surface area contributed by atoms with E-state index in [2.05, 4.69) is 11.4 Å². The molecule has 17 heavy (non-hydrogen) atoms. The predicted molar refractivity (Wildman–Crippen MR) is 75.1 cm³/mol. The third kappa shape index (κ3) is 2.71. The van der Waals surface area contributed by atoms with E-state index in [0.717, 1.165) is 33.2 Å². The van der Waals surface area contributed by atoms with Crippen LogP contribution >= 0.6 is 11.6 Å². The van der Waals surface area contributed by atoms with Crippen LogP contribution in [0.15, 0.2) is 36.4 Å². The Labute approximate surface area is 106 Å². The number of benzene rings is 2. The van der Waals surface area contributed by atoms with Gasteiger partial charge >= 0.3 is 0 Å². The lowest BCUT2D eigenvalue weighted by Gasteiger charge is -2.12. The number of hydrogen-bond acceptors (Lipinski definition) is 2. The molecule has 0 aromatic heterocycles. The van der Waals surface area contributed by atoms with Crippen molar-refractivity contribution in [1.29, 1.82) is 0 Å². The number of anilines is 3. The van der Waals surface area contributed by atoms with Crippen molar-refractivity contribution in [3.8, 4) is 0 Å². The molecule has 0 saturated heterocycles. The lowest BCUT2D eigenvalue weighted by atomic mass is 10.1. The SMILES string of the molecule is Cc1cc(C)c(Nc2ccc(N)cc2)c(Cl)c1. The van der Waals surface area contributed by atoms with Gasteiger partial charge in [-0.05, 0) is 55.3 Å². The lowest BCUT2D eigenvalue weighted by Crippen LogP contribution is -1.95. The molecule has 3 heteroatoms. The van der Waals surface area contributed by atoms with Crippen LogP contribution in [0, 0.1) is 13.8 Å². The van der Waals surface area contributed by atoms with E-state index in [1.807, 2.05) is 44.2 Å². The first kappa shape index (κ1) is 11.8. The second kappa shape index (κ2) is 4.68. The van der Waals surface area contributed by atoms with E-state index in [0.29, 0.717) is 0 Å². The second-order valence-corrected chi connectivity index (χ2v) is 4.59. The number of nitrogens with one attached hydrogen (secondary N) is 1. The molecule has 0 unspecified atom stereocenters. The summed E-state index contributed by atoms with van der Waals surface area (Å²) in [6.07, 6.45) is 0. The first-order valence-electron chi connectivity index (χ1n) is 5.45. The van der Waals surface area contributed by atoms with Crippen LogP contribution in [0.3, 0.4) is 0 Å². The zero-order valence-corrected chi connectivity index (χ0v) is 10.7. The summed E-state index contributed by atoms with van der Waals surface area (Å²) in [5, 5.41) is 4.04. The third-order valence-corrected chi connectivity index (χ3v) is 2.91. The highest BCUT2D eigenvalue weighted by atomic mass is 35.5. The van der Waals surface area contributed by atoms with Crippen LogP contribution in [0.1, 0.15) is 11.1 Å². The van der Waals surface area contributed by atoms with Crippen molar-refractivity contribution in [1.82, 2.24) is 0 Å². The summed E-state index contributed by atoms with van der Waals surface area (Å²) >= 11 is 6.23. The van der Waals surface area contributed by atoms with Gasteiger partial charge in [0.15, 0.2) is 0 Å². The van der Waals surface area contributed by atoms with Gasteiger partial charge in [0.05, 0.1) is 10.7 Å². The molecular formula is C14H15ClN2. The Morgan fingerprint density at radius 2 is 1.71 bits per heavy atom. The Morgan fingerprint density at radius 3 is 2.29 bits per heavy atom. The molecule has 0 aliphatic carbocycles. The molecule has 3 N–H and O–H groups in total. The Bertz CT molecular complexity index is 509. The minimum absolute atomic E-state index is 0.735. The van der Waals surface area contributed by atoms with Crippen LogP contribution in [0.25, 0.3) is 0 Å². The number of halogens is 1. The molecule has 2 nitrogen and oxygen atoms in total. The maximum atomic E-state index is 6.23. The molecule has 0 heterocycles.